The molecule has 1 N–H and O–H groups in total. The number of hydrogen-bond acceptors (Lipinski definition) is 9. The standard InChI is InChI=1S/C22H20Br2Cl2N6O3/c1-33-22-29-20(28-21(30-22)32-4-6-34-7-5-32)31-27-11-14-8-15(23)9-17(24)19(14)35-12-13-2-3-16(25)10-18(13)26/h2-3,8-11H,4-7,12H2,1H3,(H,28,29,30,31)/b27-11+. The van der Waals surface area contributed by atoms with Gasteiger partial charge in [0.25, 0.3) is 5.95 Å². The maximum atomic E-state index is 6.29. The molecule has 0 atom stereocenters. The van der Waals surface area contributed by atoms with Crippen LogP contribution >= 0.6 is 55.1 Å². The van der Waals surface area contributed by atoms with Crippen LogP contribution in [0, 0.1) is 0 Å². The molecule has 3 aromatic rings. The van der Waals surface area contributed by atoms with Crippen LogP contribution in [0.2, 0.25) is 10.0 Å². The van der Waals surface area contributed by atoms with Crippen LogP contribution in [0.3, 0.4) is 0 Å². The van der Waals surface area contributed by atoms with Crippen molar-refractivity contribution in [3.05, 3.63) is 60.4 Å². The zero-order chi connectivity index (χ0) is 24.8. The van der Waals surface area contributed by atoms with Gasteiger partial charge in [-0.2, -0.15) is 20.1 Å². The number of halogens is 4. The lowest BCUT2D eigenvalue weighted by Crippen LogP contribution is -2.37. The van der Waals surface area contributed by atoms with Gasteiger partial charge in [-0.05, 0) is 40.2 Å². The smallest absolute Gasteiger partial charge is 0.322 e. The van der Waals surface area contributed by atoms with E-state index in [1.54, 1.807) is 18.3 Å². The van der Waals surface area contributed by atoms with E-state index in [2.05, 4.69) is 57.3 Å². The Labute approximate surface area is 229 Å². The summed E-state index contributed by atoms with van der Waals surface area (Å²) in [7, 11) is 1.50. The van der Waals surface area contributed by atoms with Crippen molar-refractivity contribution in [3.8, 4) is 11.8 Å². The van der Waals surface area contributed by atoms with Gasteiger partial charge in [-0.25, -0.2) is 5.43 Å². The minimum atomic E-state index is 0.188. The maximum Gasteiger partial charge on any atom is 0.322 e. The first-order valence-electron chi connectivity index (χ1n) is 10.4. The van der Waals surface area contributed by atoms with Gasteiger partial charge in [0.2, 0.25) is 5.95 Å². The molecule has 13 heteroatoms. The normalized spacial score (nSPS) is 13.8. The second-order valence-corrected chi connectivity index (χ2v) is 9.86. The summed E-state index contributed by atoms with van der Waals surface area (Å²) in [6.45, 7) is 2.83. The molecule has 4 rings (SSSR count). The van der Waals surface area contributed by atoms with Crippen molar-refractivity contribution < 1.29 is 14.2 Å². The molecule has 0 unspecified atom stereocenters. The number of methoxy groups -OCH3 is 1. The molecule has 1 aromatic heterocycles. The third-order valence-electron chi connectivity index (χ3n) is 4.87. The first-order chi connectivity index (χ1) is 16.9. The Hall–Kier alpha value is -2.18. The van der Waals surface area contributed by atoms with E-state index in [4.69, 9.17) is 37.4 Å². The van der Waals surface area contributed by atoms with Crippen molar-refractivity contribution in [1.82, 2.24) is 15.0 Å². The number of nitrogens with one attached hydrogen (secondary N) is 1. The SMILES string of the molecule is COc1nc(N/N=C/c2cc(Br)cc(Br)c2OCc2ccc(Cl)cc2Cl)nc(N2CCOCC2)n1. The Bertz CT molecular complexity index is 1230. The molecule has 2 aromatic carbocycles. The average Bonchev–Trinajstić information content (AvgIpc) is 2.85. The van der Waals surface area contributed by atoms with Crippen LogP contribution in [0.25, 0.3) is 0 Å². The van der Waals surface area contributed by atoms with E-state index in [1.807, 2.05) is 23.1 Å². The third-order valence-corrected chi connectivity index (χ3v) is 6.51. The van der Waals surface area contributed by atoms with Gasteiger partial charge in [-0.1, -0.05) is 45.2 Å². The number of hydrazone groups is 1. The minimum absolute atomic E-state index is 0.188. The highest BCUT2D eigenvalue weighted by atomic mass is 79.9. The van der Waals surface area contributed by atoms with Crippen molar-refractivity contribution in [2.45, 2.75) is 6.61 Å². The van der Waals surface area contributed by atoms with Gasteiger partial charge >= 0.3 is 6.01 Å². The lowest BCUT2D eigenvalue weighted by atomic mass is 10.2. The number of hydrogen-bond donors (Lipinski definition) is 1. The van der Waals surface area contributed by atoms with Crippen molar-refractivity contribution in [2.24, 2.45) is 5.10 Å². The van der Waals surface area contributed by atoms with Gasteiger partial charge in [0.15, 0.2) is 0 Å². The summed E-state index contributed by atoms with van der Waals surface area (Å²) in [5, 5.41) is 5.40. The van der Waals surface area contributed by atoms with Gasteiger partial charge in [-0.15, -0.1) is 0 Å². The highest BCUT2D eigenvalue weighted by Crippen LogP contribution is 2.33. The van der Waals surface area contributed by atoms with E-state index in [-0.39, 0.29) is 18.6 Å². The van der Waals surface area contributed by atoms with Crippen molar-refractivity contribution in [3.63, 3.8) is 0 Å². The molecule has 0 saturated carbocycles. The topological polar surface area (TPSA) is 94.0 Å². The Morgan fingerprint density at radius 3 is 2.69 bits per heavy atom. The highest BCUT2D eigenvalue weighted by molar-refractivity contribution is 9.11. The molecule has 1 fully saturated rings. The molecule has 0 radical (unpaired) electrons. The molecule has 9 nitrogen and oxygen atoms in total. The Kier molecular flexibility index (Phi) is 9.01. The second-order valence-electron chi connectivity index (χ2n) is 7.25. The maximum absolute atomic E-state index is 6.29. The quantitative estimate of drug-likeness (QED) is 0.251. The summed E-state index contributed by atoms with van der Waals surface area (Å²) >= 11 is 19.3. The van der Waals surface area contributed by atoms with E-state index in [9.17, 15) is 0 Å². The van der Waals surface area contributed by atoms with Crippen LogP contribution in [0.4, 0.5) is 11.9 Å². The fourth-order valence-corrected chi connectivity index (χ4v) is 5.00. The largest absolute Gasteiger partial charge is 0.487 e. The summed E-state index contributed by atoms with van der Waals surface area (Å²) in [5.41, 5.74) is 4.36. The minimum Gasteiger partial charge on any atom is -0.487 e. The van der Waals surface area contributed by atoms with E-state index in [1.165, 1.54) is 7.11 Å². The number of benzene rings is 2. The Morgan fingerprint density at radius 1 is 1.14 bits per heavy atom. The van der Waals surface area contributed by atoms with Crippen molar-refractivity contribution >= 4 is 73.2 Å². The lowest BCUT2D eigenvalue weighted by Gasteiger charge is -2.26. The first-order valence-corrected chi connectivity index (χ1v) is 12.7. The van der Waals surface area contributed by atoms with Crippen LogP contribution < -0.4 is 19.8 Å². The number of anilines is 2. The lowest BCUT2D eigenvalue weighted by molar-refractivity contribution is 0.122. The summed E-state index contributed by atoms with van der Waals surface area (Å²) in [4.78, 5) is 15.0. The highest BCUT2D eigenvalue weighted by Gasteiger charge is 2.17. The molecular formula is C22H20Br2Cl2N6O3. The molecule has 0 amide bonds. The van der Waals surface area contributed by atoms with E-state index < -0.39 is 0 Å². The zero-order valence-electron chi connectivity index (χ0n) is 18.5. The summed E-state index contributed by atoms with van der Waals surface area (Å²) in [5.74, 6) is 1.33. The van der Waals surface area contributed by atoms with Crippen molar-refractivity contribution in [2.75, 3.05) is 43.7 Å². The second kappa shape index (κ2) is 12.2. The number of rotatable bonds is 8. The Balaban J connectivity index is 1.52. The molecule has 35 heavy (non-hydrogen) atoms. The van der Waals surface area contributed by atoms with Gasteiger partial charge in [0.1, 0.15) is 12.4 Å². The molecule has 0 aliphatic carbocycles. The van der Waals surface area contributed by atoms with E-state index in [0.717, 1.165) is 14.5 Å². The molecular weight excluding hydrogens is 627 g/mol. The van der Waals surface area contributed by atoms with Gasteiger partial charge < -0.3 is 19.1 Å². The Morgan fingerprint density at radius 2 is 1.94 bits per heavy atom. The third kappa shape index (κ3) is 6.95. The van der Waals surface area contributed by atoms with Crippen LogP contribution in [0.5, 0.6) is 11.8 Å². The van der Waals surface area contributed by atoms with Gasteiger partial charge in [0.05, 0.1) is 31.0 Å². The molecule has 1 aliphatic rings. The fraction of sp³-hybridized carbons (Fsp3) is 0.273. The number of aromatic nitrogens is 3. The molecule has 0 spiro atoms. The monoisotopic (exact) mass is 644 g/mol. The fourth-order valence-electron chi connectivity index (χ4n) is 3.17. The van der Waals surface area contributed by atoms with Gasteiger partial charge in [-0.3, -0.25) is 0 Å². The predicted octanol–water partition coefficient (Wildman–Crippen LogP) is 5.57. The summed E-state index contributed by atoms with van der Waals surface area (Å²) < 4.78 is 18.3. The zero-order valence-corrected chi connectivity index (χ0v) is 23.2. The molecule has 0 bridgehead atoms. The molecule has 1 saturated heterocycles. The summed E-state index contributed by atoms with van der Waals surface area (Å²) in [6.07, 6.45) is 1.61. The van der Waals surface area contributed by atoms with E-state index >= 15 is 0 Å². The van der Waals surface area contributed by atoms with Crippen molar-refractivity contribution in [1.29, 1.82) is 0 Å². The van der Waals surface area contributed by atoms with E-state index in [0.29, 0.717) is 53.6 Å². The van der Waals surface area contributed by atoms with Crippen LogP contribution in [0.15, 0.2) is 44.4 Å². The first kappa shape index (κ1) is 25.9. The summed E-state index contributed by atoms with van der Waals surface area (Å²) in [6, 6.07) is 9.22. The number of morpholine rings is 1. The van der Waals surface area contributed by atoms with Crippen LogP contribution in [-0.4, -0.2) is 54.6 Å². The average molecular weight is 647 g/mol. The predicted molar refractivity (Wildman–Crippen MR) is 143 cm³/mol. The van der Waals surface area contributed by atoms with Crippen LogP contribution in [-0.2, 0) is 11.3 Å². The van der Waals surface area contributed by atoms with Gasteiger partial charge in [0, 0.05) is 38.7 Å². The van der Waals surface area contributed by atoms with Crippen LogP contribution in [0.1, 0.15) is 11.1 Å². The molecule has 2 heterocycles. The molecule has 184 valence electrons. The number of ether oxygens (including phenoxy) is 3. The molecule has 1 aliphatic heterocycles. The number of nitrogens with zero attached hydrogens (tertiary/aromatic N) is 5.